The molecular formula is C28H22N2O7S3. The predicted molar refractivity (Wildman–Crippen MR) is 156 cm³/mol. The van der Waals surface area contributed by atoms with Crippen LogP contribution in [0.15, 0.2) is 62.6 Å². The monoisotopic (exact) mass is 594 g/mol. The van der Waals surface area contributed by atoms with E-state index in [9.17, 15) is 24.0 Å². The Hall–Kier alpha value is -3.74. The van der Waals surface area contributed by atoms with Gasteiger partial charge in [0.1, 0.15) is 16.4 Å². The maximum Gasteiger partial charge on any atom is 0.346 e. The molecular weight excluding hydrogens is 573 g/mol. The summed E-state index contributed by atoms with van der Waals surface area (Å²) < 4.78 is 10.3. The van der Waals surface area contributed by atoms with E-state index >= 15 is 0 Å². The Balaban J connectivity index is 1.55. The van der Waals surface area contributed by atoms with Gasteiger partial charge in [0.25, 0.3) is 11.8 Å². The SMILES string of the molecule is COC(=O)C1=C(C(=O)OC)SC(=C2C(=S)C(C)(C)N(C(=O)CN3C(=O)c4ccccc4C3=O)c3ccccc32)S1. The number of imide groups is 1. The number of amides is 3. The van der Waals surface area contributed by atoms with Crippen molar-refractivity contribution in [1.82, 2.24) is 4.90 Å². The first-order valence-corrected chi connectivity index (χ1v) is 14.0. The molecule has 3 heterocycles. The minimum Gasteiger partial charge on any atom is -0.465 e. The number of thiocarbonyl (C=S) groups is 1. The topological polar surface area (TPSA) is 110 Å². The van der Waals surface area contributed by atoms with Gasteiger partial charge in [0.2, 0.25) is 5.91 Å². The molecule has 0 saturated heterocycles. The van der Waals surface area contributed by atoms with Gasteiger partial charge in [-0.1, -0.05) is 66.1 Å². The molecule has 12 heteroatoms. The van der Waals surface area contributed by atoms with E-state index in [2.05, 4.69) is 0 Å². The Morgan fingerprint density at radius 1 is 0.825 bits per heavy atom. The fourth-order valence-corrected chi connectivity index (χ4v) is 7.84. The highest BCUT2D eigenvalue weighted by atomic mass is 32.2. The molecule has 2 aromatic rings. The molecule has 0 atom stereocenters. The first-order chi connectivity index (χ1) is 19.0. The molecule has 0 radical (unpaired) electrons. The minimum atomic E-state index is -1.08. The van der Waals surface area contributed by atoms with E-state index in [1.807, 2.05) is 0 Å². The van der Waals surface area contributed by atoms with Crippen LogP contribution in [0, 0.1) is 0 Å². The number of ether oxygens (including phenoxy) is 2. The van der Waals surface area contributed by atoms with Gasteiger partial charge in [0.15, 0.2) is 0 Å². The lowest BCUT2D eigenvalue weighted by molar-refractivity contribution is -0.138. The standard InChI is InChI=1S/C28H22N2O7S3/c1-28(2)22(38)19(27-39-20(25(34)36-3)21(40-27)26(35)37-4)16-11-7-8-12-17(16)30(28)18(31)13-29-23(32)14-9-5-6-10-15(14)24(29)33/h5-12H,13H2,1-4H3. The summed E-state index contributed by atoms with van der Waals surface area (Å²) in [5, 5.41) is 0. The van der Waals surface area contributed by atoms with E-state index in [1.165, 1.54) is 19.1 Å². The van der Waals surface area contributed by atoms with Crippen LogP contribution in [0.2, 0.25) is 0 Å². The Morgan fingerprint density at radius 2 is 1.30 bits per heavy atom. The second kappa shape index (κ2) is 10.3. The fourth-order valence-electron chi connectivity index (χ4n) is 4.80. The van der Waals surface area contributed by atoms with Gasteiger partial charge in [-0.3, -0.25) is 24.2 Å². The number of carbonyl (C=O) groups is 5. The zero-order valence-electron chi connectivity index (χ0n) is 21.8. The maximum atomic E-state index is 13.9. The third kappa shape index (κ3) is 4.27. The van der Waals surface area contributed by atoms with E-state index < -0.39 is 41.7 Å². The number of carbonyl (C=O) groups excluding carboxylic acids is 5. The highest BCUT2D eigenvalue weighted by Gasteiger charge is 2.47. The van der Waals surface area contributed by atoms with Crippen molar-refractivity contribution in [2.45, 2.75) is 19.4 Å². The number of hydrogen-bond acceptors (Lipinski definition) is 10. The molecule has 0 N–H and O–H groups in total. The van der Waals surface area contributed by atoms with Crippen molar-refractivity contribution in [3.63, 3.8) is 0 Å². The lowest BCUT2D eigenvalue weighted by Crippen LogP contribution is -2.58. The number of esters is 2. The molecule has 204 valence electrons. The molecule has 0 bridgehead atoms. The first-order valence-electron chi connectivity index (χ1n) is 12.0. The average Bonchev–Trinajstić information content (AvgIpc) is 3.48. The quantitative estimate of drug-likeness (QED) is 0.221. The Labute approximate surface area is 243 Å². The average molecular weight is 595 g/mol. The summed E-state index contributed by atoms with van der Waals surface area (Å²) in [6.45, 7) is 3.07. The normalized spacial score (nSPS) is 17.8. The van der Waals surface area contributed by atoms with Crippen LogP contribution >= 0.6 is 35.7 Å². The maximum absolute atomic E-state index is 13.9. The van der Waals surface area contributed by atoms with Gasteiger partial charge in [-0.25, -0.2) is 9.59 Å². The van der Waals surface area contributed by atoms with Crippen LogP contribution in [-0.2, 0) is 23.9 Å². The summed E-state index contributed by atoms with van der Waals surface area (Å²) in [5.41, 5.74) is 1.14. The molecule has 0 unspecified atom stereocenters. The number of hydrogen-bond donors (Lipinski definition) is 0. The zero-order chi connectivity index (χ0) is 28.9. The molecule has 40 heavy (non-hydrogen) atoms. The molecule has 0 aliphatic carbocycles. The van der Waals surface area contributed by atoms with Crippen molar-refractivity contribution in [2.75, 3.05) is 25.7 Å². The number of methoxy groups -OCH3 is 2. The van der Waals surface area contributed by atoms with Crippen LogP contribution in [0.25, 0.3) is 5.57 Å². The lowest BCUT2D eigenvalue weighted by atomic mass is 9.83. The summed E-state index contributed by atoms with van der Waals surface area (Å²) in [7, 11) is 2.45. The molecule has 5 rings (SSSR count). The van der Waals surface area contributed by atoms with Crippen LogP contribution in [0.3, 0.4) is 0 Å². The van der Waals surface area contributed by atoms with Gasteiger partial charge in [0, 0.05) is 11.1 Å². The summed E-state index contributed by atoms with van der Waals surface area (Å²) >= 11 is 8.06. The van der Waals surface area contributed by atoms with E-state index in [-0.39, 0.29) is 20.9 Å². The highest BCUT2D eigenvalue weighted by molar-refractivity contribution is 8.29. The third-order valence-electron chi connectivity index (χ3n) is 6.72. The number of rotatable bonds is 4. The Kier molecular flexibility index (Phi) is 7.19. The Bertz CT molecular complexity index is 1540. The molecule has 0 fully saturated rings. The van der Waals surface area contributed by atoms with E-state index in [1.54, 1.807) is 62.4 Å². The number of para-hydroxylation sites is 1. The van der Waals surface area contributed by atoms with Gasteiger partial charge in [-0.05, 0) is 32.0 Å². The number of anilines is 1. The van der Waals surface area contributed by atoms with Crippen molar-refractivity contribution in [2.24, 2.45) is 0 Å². The molecule has 3 aliphatic rings. The van der Waals surface area contributed by atoms with Gasteiger partial charge >= 0.3 is 11.9 Å². The van der Waals surface area contributed by atoms with E-state index in [0.717, 1.165) is 28.4 Å². The number of nitrogens with zero attached hydrogens (tertiary/aromatic N) is 2. The molecule has 0 spiro atoms. The van der Waals surface area contributed by atoms with E-state index in [0.29, 0.717) is 25.9 Å². The summed E-state index contributed by atoms with van der Waals surface area (Å²) in [6, 6.07) is 13.5. The highest BCUT2D eigenvalue weighted by Crippen LogP contribution is 2.56. The number of benzene rings is 2. The van der Waals surface area contributed by atoms with Crippen LogP contribution in [0.4, 0.5) is 5.69 Å². The molecule has 9 nitrogen and oxygen atoms in total. The first kappa shape index (κ1) is 27.8. The largest absolute Gasteiger partial charge is 0.465 e. The van der Waals surface area contributed by atoms with Crippen molar-refractivity contribution in [1.29, 1.82) is 0 Å². The second-order valence-electron chi connectivity index (χ2n) is 9.38. The summed E-state index contributed by atoms with van der Waals surface area (Å²) in [5.74, 6) is -2.91. The van der Waals surface area contributed by atoms with Crippen molar-refractivity contribution < 1.29 is 33.4 Å². The van der Waals surface area contributed by atoms with Crippen molar-refractivity contribution >= 4 is 81.5 Å². The van der Waals surface area contributed by atoms with Crippen LogP contribution in [0.1, 0.15) is 40.1 Å². The van der Waals surface area contributed by atoms with Gasteiger partial charge < -0.3 is 9.47 Å². The third-order valence-corrected chi connectivity index (χ3v) is 9.98. The summed E-state index contributed by atoms with van der Waals surface area (Å²) in [4.78, 5) is 67.7. The minimum absolute atomic E-state index is 0.0871. The smallest absolute Gasteiger partial charge is 0.346 e. The van der Waals surface area contributed by atoms with Crippen LogP contribution < -0.4 is 4.90 Å². The number of fused-ring (bicyclic) bond motifs is 2. The summed E-state index contributed by atoms with van der Waals surface area (Å²) in [6.07, 6.45) is 0. The zero-order valence-corrected chi connectivity index (χ0v) is 24.3. The molecule has 0 aromatic heterocycles. The van der Waals surface area contributed by atoms with Crippen LogP contribution in [-0.4, -0.2) is 65.7 Å². The molecule has 0 saturated carbocycles. The molecule has 3 amide bonds. The van der Waals surface area contributed by atoms with Gasteiger partial charge in [0.05, 0.1) is 45.7 Å². The molecule has 3 aliphatic heterocycles. The fraction of sp³-hybridized carbons (Fsp3) is 0.214. The molecule has 2 aromatic carbocycles. The van der Waals surface area contributed by atoms with Gasteiger partial charge in [-0.15, -0.1) is 0 Å². The van der Waals surface area contributed by atoms with Crippen molar-refractivity contribution in [3.05, 3.63) is 79.3 Å². The van der Waals surface area contributed by atoms with Gasteiger partial charge in [-0.2, -0.15) is 0 Å². The Morgan fingerprint density at radius 3 is 1.80 bits per heavy atom. The lowest BCUT2D eigenvalue weighted by Gasteiger charge is -2.45. The van der Waals surface area contributed by atoms with Crippen molar-refractivity contribution in [3.8, 4) is 0 Å². The number of thioether (sulfide) groups is 2. The second-order valence-corrected chi connectivity index (χ2v) is 12.1. The van der Waals surface area contributed by atoms with E-state index in [4.69, 9.17) is 21.7 Å². The van der Waals surface area contributed by atoms with Crippen LogP contribution in [0.5, 0.6) is 0 Å². The predicted octanol–water partition coefficient (Wildman–Crippen LogP) is 4.18.